The van der Waals surface area contributed by atoms with Gasteiger partial charge >= 0.3 is 5.97 Å². The third-order valence-corrected chi connectivity index (χ3v) is 7.61. The fraction of sp³-hybridized carbons (Fsp3) is 0.448. The van der Waals surface area contributed by atoms with E-state index < -0.39 is 29.1 Å². The first-order valence-electron chi connectivity index (χ1n) is 13.0. The monoisotopic (exact) mass is 544 g/mol. The van der Waals surface area contributed by atoms with E-state index in [0.29, 0.717) is 73.1 Å². The molecule has 8 nitrogen and oxygen atoms in total. The van der Waals surface area contributed by atoms with Crippen LogP contribution in [0.3, 0.4) is 0 Å². The van der Waals surface area contributed by atoms with Gasteiger partial charge in [-0.2, -0.15) is 0 Å². The molecule has 3 aromatic rings. The summed E-state index contributed by atoms with van der Waals surface area (Å²) in [5.74, 6) is -1.55. The molecular weight excluding hydrogens is 510 g/mol. The summed E-state index contributed by atoms with van der Waals surface area (Å²) in [7, 11) is 1.55. The zero-order valence-corrected chi connectivity index (χ0v) is 21.9. The van der Waals surface area contributed by atoms with Gasteiger partial charge in [-0.25, -0.2) is 8.78 Å². The van der Waals surface area contributed by atoms with E-state index >= 15 is 0 Å². The summed E-state index contributed by atoms with van der Waals surface area (Å²) in [6.07, 6.45) is 2.69. The maximum absolute atomic E-state index is 13.4. The Morgan fingerprint density at radius 2 is 1.85 bits per heavy atom. The minimum absolute atomic E-state index is 0.00952. The van der Waals surface area contributed by atoms with Crippen molar-refractivity contribution in [3.05, 3.63) is 65.4 Å². The van der Waals surface area contributed by atoms with Crippen LogP contribution >= 0.6 is 0 Å². The van der Waals surface area contributed by atoms with E-state index in [9.17, 15) is 28.9 Å². The van der Waals surface area contributed by atoms with Crippen molar-refractivity contribution >= 4 is 16.9 Å². The van der Waals surface area contributed by atoms with Crippen molar-refractivity contribution < 1.29 is 38.4 Å². The Labute approximate surface area is 225 Å². The van der Waals surface area contributed by atoms with Gasteiger partial charge in [-0.15, -0.1) is 0 Å². The molecule has 210 valence electrons. The third kappa shape index (κ3) is 7.20. The Balaban J connectivity index is 1.40. The van der Waals surface area contributed by atoms with Crippen molar-refractivity contribution in [1.29, 1.82) is 0 Å². The fourth-order valence-electron chi connectivity index (χ4n) is 5.46. The standard InChI is InChI=1S/C29H34F2N2O6/c1-38-22-2-3-25-24(15-22)28(19(18-34)17-32-25)26(35)4-5-29(16-27(36)37)6-8-33(9-7-29)10-11-39-23-13-20(30)12-21(31)14-23/h2-3,12-15,17,26,34-35H,4-11,16,18H2,1H3,(H,36,37). The molecule has 1 aliphatic rings. The molecule has 39 heavy (non-hydrogen) atoms. The van der Waals surface area contributed by atoms with Crippen molar-refractivity contribution in [1.82, 2.24) is 9.88 Å². The highest BCUT2D eigenvalue weighted by atomic mass is 19.1. The van der Waals surface area contributed by atoms with Crippen molar-refractivity contribution in [2.45, 2.75) is 44.8 Å². The van der Waals surface area contributed by atoms with E-state index in [-0.39, 0.29) is 25.4 Å². The minimum atomic E-state index is -0.923. The SMILES string of the molecule is COc1ccc2ncc(CO)c(C(O)CCC3(CC(=O)O)CCN(CCOc4cc(F)cc(F)c4)CC3)c2c1. The van der Waals surface area contributed by atoms with E-state index in [4.69, 9.17) is 9.47 Å². The largest absolute Gasteiger partial charge is 0.497 e. The number of ether oxygens (including phenoxy) is 2. The summed E-state index contributed by atoms with van der Waals surface area (Å²) < 4.78 is 37.6. The number of aromatic nitrogens is 1. The van der Waals surface area contributed by atoms with Gasteiger partial charge in [0.15, 0.2) is 0 Å². The fourth-order valence-corrected chi connectivity index (χ4v) is 5.46. The Morgan fingerprint density at radius 3 is 2.49 bits per heavy atom. The van der Waals surface area contributed by atoms with Crippen LogP contribution in [0.1, 0.15) is 49.3 Å². The van der Waals surface area contributed by atoms with Crippen LogP contribution in [-0.4, -0.2) is 64.5 Å². The number of benzene rings is 2. The van der Waals surface area contributed by atoms with Crippen molar-refractivity contribution in [3.8, 4) is 11.5 Å². The number of carboxylic acid groups (broad SMARTS) is 1. The van der Waals surface area contributed by atoms with Crippen LogP contribution in [0.25, 0.3) is 10.9 Å². The molecule has 0 aliphatic carbocycles. The first-order valence-corrected chi connectivity index (χ1v) is 13.0. The minimum Gasteiger partial charge on any atom is -0.497 e. The smallest absolute Gasteiger partial charge is 0.303 e. The predicted molar refractivity (Wildman–Crippen MR) is 141 cm³/mol. The second-order valence-electron chi connectivity index (χ2n) is 10.2. The van der Waals surface area contributed by atoms with Crippen LogP contribution in [0.5, 0.6) is 11.5 Å². The van der Waals surface area contributed by atoms with Crippen LogP contribution in [0.4, 0.5) is 8.78 Å². The average molecular weight is 545 g/mol. The number of aliphatic hydroxyl groups is 2. The number of piperidine rings is 1. The number of rotatable bonds is 12. The molecule has 2 heterocycles. The number of aliphatic hydroxyl groups excluding tert-OH is 2. The molecule has 3 N–H and O–H groups in total. The molecule has 10 heteroatoms. The number of pyridine rings is 1. The molecule has 0 amide bonds. The third-order valence-electron chi connectivity index (χ3n) is 7.61. The first kappa shape index (κ1) is 28.7. The lowest BCUT2D eigenvalue weighted by Crippen LogP contribution is -2.42. The molecule has 1 unspecified atom stereocenters. The highest BCUT2D eigenvalue weighted by molar-refractivity contribution is 5.85. The lowest BCUT2D eigenvalue weighted by Gasteiger charge is -2.41. The highest BCUT2D eigenvalue weighted by Crippen LogP contribution is 2.42. The molecule has 1 atom stereocenters. The van der Waals surface area contributed by atoms with Gasteiger partial charge in [-0.3, -0.25) is 14.7 Å². The summed E-state index contributed by atoms with van der Waals surface area (Å²) in [6, 6.07) is 8.41. The molecule has 1 saturated heterocycles. The van der Waals surface area contributed by atoms with Crippen LogP contribution < -0.4 is 9.47 Å². The highest BCUT2D eigenvalue weighted by Gasteiger charge is 2.37. The topological polar surface area (TPSA) is 112 Å². The normalized spacial score (nSPS) is 16.2. The molecule has 0 saturated carbocycles. The molecule has 0 bridgehead atoms. The maximum atomic E-state index is 13.4. The number of methoxy groups -OCH3 is 1. The summed E-state index contributed by atoms with van der Waals surface area (Å²) in [5, 5.41) is 31.6. The number of halogens is 2. The van der Waals surface area contributed by atoms with Gasteiger partial charge in [0.25, 0.3) is 0 Å². The second kappa shape index (κ2) is 12.7. The van der Waals surface area contributed by atoms with E-state index in [2.05, 4.69) is 9.88 Å². The molecule has 4 rings (SSSR count). The van der Waals surface area contributed by atoms with E-state index in [1.165, 1.54) is 0 Å². The summed E-state index contributed by atoms with van der Waals surface area (Å²) in [5.41, 5.74) is 1.27. The summed E-state index contributed by atoms with van der Waals surface area (Å²) >= 11 is 0. The second-order valence-corrected chi connectivity index (χ2v) is 10.2. The summed E-state index contributed by atoms with van der Waals surface area (Å²) in [4.78, 5) is 18.3. The van der Waals surface area contributed by atoms with Gasteiger partial charge in [0.2, 0.25) is 0 Å². The van der Waals surface area contributed by atoms with E-state index in [0.717, 1.165) is 18.2 Å². The predicted octanol–water partition coefficient (Wildman–Crippen LogP) is 4.46. The van der Waals surface area contributed by atoms with Gasteiger partial charge in [0, 0.05) is 41.9 Å². The van der Waals surface area contributed by atoms with Crippen LogP contribution in [0.15, 0.2) is 42.6 Å². The number of carboxylic acids is 1. The zero-order valence-electron chi connectivity index (χ0n) is 21.9. The Kier molecular flexibility index (Phi) is 9.32. The Bertz CT molecular complexity index is 1270. The molecule has 1 fully saturated rings. The molecule has 1 aromatic heterocycles. The van der Waals surface area contributed by atoms with Crippen molar-refractivity contribution in [2.75, 3.05) is 33.4 Å². The van der Waals surface area contributed by atoms with Crippen molar-refractivity contribution in [2.24, 2.45) is 5.41 Å². The number of aliphatic carboxylic acids is 1. The number of nitrogens with zero attached hydrogens (tertiary/aromatic N) is 2. The van der Waals surface area contributed by atoms with Crippen molar-refractivity contribution in [3.63, 3.8) is 0 Å². The molecule has 0 spiro atoms. The maximum Gasteiger partial charge on any atom is 0.303 e. The number of hydrogen-bond acceptors (Lipinski definition) is 7. The Hall–Kier alpha value is -3.34. The van der Waals surface area contributed by atoms with E-state index in [1.54, 1.807) is 31.5 Å². The number of hydrogen-bond donors (Lipinski definition) is 3. The van der Waals surface area contributed by atoms with Crippen LogP contribution in [0, 0.1) is 17.0 Å². The van der Waals surface area contributed by atoms with Gasteiger partial charge < -0.3 is 24.8 Å². The van der Waals surface area contributed by atoms with Crippen LogP contribution in [-0.2, 0) is 11.4 Å². The lowest BCUT2D eigenvalue weighted by atomic mass is 9.71. The lowest BCUT2D eigenvalue weighted by molar-refractivity contribution is -0.141. The number of fused-ring (bicyclic) bond motifs is 1. The van der Waals surface area contributed by atoms with Crippen LogP contribution in [0.2, 0.25) is 0 Å². The van der Waals surface area contributed by atoms with Gasteiger partial charge in [0.1, 0.15) is 29.7 Å². The van der Waals surface area contributed by atoms with Gasteiger partial charge in [0.05, 0.1) is 31.8 Å². The van der Waals surface area contributed by atoms with Gasteiger partial charge in [-0.05, 0) is 68.0 Å². The molecule has 0 radical (unpaired) electrons. The molecular formula is C29H34F2N2O6. The average Bonchev–Trinajstić information content (AvgIpc) is 2.91. The Morgan fingerprint density at radius 1 is 1.13 bits per heavy atom. The molecule has 2 aromatic carbocycles. The first-order chi connectivity index (χ1) is 18.7. The summed E-state index contributed by atoms with van der Waals surface area (Å²) in [6.45, 7) is 1.78. The van der Waals surface area contributed by atoms with E-state index in [1.807, 2.05) is 0 Å². The number of carbonyl (C=O) groups is 1. The number of likely N-dealkylation sites (tertiary alicyclic amines) is 1. The molecule has 1 aliphatic heterocycles. The quantitative estimate of drug-likeness (QED) is 0.306. The van der Waals surface area contributed by atoms with Gasteiger partial charge in [-0.1, -0.05) is 0 Å². The zero-order chi connectivity index (χ0) is 28.0.